The molecule has 0 aromatic rings. The summed E-state index contributed by atoms with van der Waals surface area (Å²) >= 11 is 0. The summed E-state index contributed by atoms with van der Waals surface area (Å²) in [4.78, 5) is 1.54. The molecule has 0 spiro atoms. The van der Waals surface area contributed by atoms with Crippen LogP contribution in [0.15, 0.2) is 24.0 Å². The minimum Gasteiger partial charge on any atom is -0.741 e. The number of hydrogen-bond acceptors (Lipinski definition) is 3. The second-order valence-corrected chi connectivity index (χ2v) is 6.42. The van der Waals surface area contributed by atoms with Crippen LogP contribution >= 0.6 is 0 Å². The number of hydrogen-bond donors (Lipinski definition) is 1. The third-order valence-corrected chi connectivity index (χ3v) is 3.71. The SMILES string of the molecule is CCCCCCC[NH+]1C=CC(CC)=C1.O=S(=O)([O-])C(F)(F)F. The molecule has 1 N–H and O–H groups in total. The number of alkyl halides is 3. The second kappa shape index (κ2) is 10.0. The average Bonchev–Trinajstić information content (AvgIpc) is 2.85. The van der Waals surface area contributed by atoms with E-state index < -0.39 is 15.6 Å². The van der Waals surface area contributed by atoms with Crippen LogP contribution in [0.4, 0.5) is 13.2 Å². The maximum Gasteiger partial charge on any atom is 0.485 e. The lowest BCUT2D eigenvalue weighted by Gasteiger charge is -2.08. The van der Waals surface area contributed by atoms with E-state index in [4.69, 9.17) is 13.0 Å². The Bertz CT molecular complexity index is 470. The number of halogens is 3. The zero-order valence-electron chi connectivity index (χ0n) is 12.9. The Morgan fingerprint density at radius 2 is 1.68 bits per heavy atom. The number of nitrogens with one attached hydrogen (secondary N) is 1. The van der Waals surface area contributed by atoms with E-state index in [2.05, 4.69) is 32.3 Å². The number of unbranched alkanes of at least 4 members (excludes halogenated alkanes) is 4. The molecule has 1 atom stereocenters. The predicted octanol–water partition coefficient (Wildman–Crippen LogP) is 2.71. The van der Waals surface area contributed by atoms with Crippen LogP contribution in [-0.2, 0) is 10.1 Å². The molecule has 1 rings (SSSR count). The lowest BCUT2D eigenvalue weighted by Crippen LogP contribution is -3.01. The van der Waals surface area contributed by atoms with Crippen LogP contribution in [0.25, 0.3) is 0 Å². The Kier molecular flexibility index (Phi) is 9.63. The lowest BCUT2D eigenvalue weighted by atomic mass is 10.1. The number of allylic oxidation sites excluding steroid dienone is 2. The first-order valence-corrected chi connectivity index (χ1v) is 8.79. The molecule has 1 heterocycles. The van der Waals surface area contributed by atoms with Crippen LogP contribution in [0, 0.1) is 0 Å². The molecule has 1 aliphatic rings. The van der Waals surface area contributed by atoms with E-state index in [9.17, 15) is 13.2 Å². The fraction of sp³-hybridized carbons (Fsp3) is 0.714. The van der Waals surface area contributed by atoms with Crippen molar-refractivity contribution in [3.8, 4) is 0 Å². The Labute approximate surface area is 130 Å². The zero-order chi connectivity index (χ0) is 17.2. The van der Waals surface area contributed by atoms with Gasteiger partial charge >= 0.3 is 5.51 Å². The van der Waals surface area contributed by atoms with Crippen molar-refractivity contribution in [3.05, 3.63) is 24.0 Å². The smallest absolute Gasteiger partial charge is 0.485 e. The van der Waals surface area contributed by atoms with Gasteiger partial charge in [-0.25, -0.2) is 8.42 Å². The molecule has 0 aromatic heterocycles. The molecule has 0 saturated heterocycles. The van der Waals surface area contributed by atoms with Gasteiger partial charge in [0.2, 0.25) is 0 Å². The van der Waals surface area contributed by atoms with Gasteiger partial charge in [0.05, 0.1) is 12.7 Å². The summed E-state index contributed by atoms with van der Waals surface area (Å²) in [5.41, 5.74) is -4.15. The van der Waals surface area contributed by atoms with Gasteiger partial charge in [-0.1, -0.05) is 33.1 Å². The zero-order valence-corrected chi connectivity index (χ0v) is 13.8. The standard InChI is InChI=1S/C13H23N.CHF3O3S/c1-3-5-6-7-8-10-14-11-9-13(4-2)12-14;2-1(3,4)8(5,6)7/h9,11-12H,3-8,10H2,1-2H3;(H,5,6,7). The van der Waals surface area contributed by atoms with E-state index in [-0.39, 0.29) is 0 Å². The van der Waals surface area contributed by atoms with Crippen LogP contribution < -0.4 is 4.90 Å². The molecule has 0 saturated carbocycles. The fourth-order valence-electron chi connectivity index (χ4n) is 1.86. The second-order valence-electron chi connectivity index (χ2n) is 5.05. The minimum atomic E-state index is -6.09. The monoisotopic (exact) mass is 343 g/mol. The number of rotatable bonds is 7. The molecule has 0 amide bonds. The molecule has 0 aliphatic carbocycles. The minimum absolute atomic E-state index is 1.18. The maximum absolute atomic E-state index is 10.7. The van der Waals surface area contributed by atoms with Gasteiger partial charge in [0.1, 0.15) is 6.20 Å². The third kappa shape index (κ3) is 9.22. The van der Waals surface area contributed by atoms with Crippen molar-refractivity contribution >= 4 is 10.1 Å². The van der Waals surface area contributed by atoms with Crippen molar-refractivity contribution < 1.29 is 31.0 Å². The summed E-state index contributed by atoms with van der Waals surface area (Å²) in [6.45, 7) is 5.77. The van der Waals surface area contributed by atoms with E-state index in [1.165, 1.54) is 50.6 Å². The van der Waals surface area contributed by atoms with Gasteiger partial charge in [0, 0.05) is 11.6 Å². The van der Waals surface area contributed by atoms with E-state index in [0.717, 1.165) is 0 Å². The fourth-order valence-corrected chi connectivity index (χ4v) is 1.86. The highest BCUT2D eigenvalue weighted by atomic mass is 32.2. The molecule has 130 valence electrons. The molecule has 0 fully saturated rings. The topological polar surface area (TPSA) is 61.6 Å². The summed E-state index contributed by atoms with van der Waals surface area (Å²) in [5.74, 6) is 0. The lowest BCUT2D eigenvalue weighted by molar-refractivity contribution is -0.788. The van der Waals surface area contributed by atoms with Crippen LogP contribution in [0.1, 0.15) is 52.4 Å². The van der Waals surface area contributed by atoms with Crippen molar-refractivity contribution in [2.24, 2.45) is 0 Å². The highest BCUT2D eigenvalue weighted by molar-refractivity contribution is 7.86. The highest BCUT2D eigenvalue weighted by Gasteiger charge is 2.36. The molecular formula is C14H24F3NO3S. The van der Waals surface area contributed by atoms with Crippen LogP contribution in [0.5, 0.6) is 0 Å². The Hall–Kier alpha value is -0.860. The summed E-state index contributed by atoms with van der Waals surface area (Å²) in [6, 6.07) is 0. The Balaban J connectivity index is 0.000000472. The first-order valence-electron chi connectivity index (χ1n) is 7.38. The van der Waals surface area contributed by atoms with E-state index in [0.29, 0.717) is 0 Å². The van der Waals surface area contributed by atoms with E-state index in [1.54, 1.807) is 4.90 Å². The van der Waals surface area contributed by atoms with Crippen molar-refractivity contribution in [3.63, 3.8) is 0 Å². The molecule has 1 unspecified atom stereocenters. The predicted molar refractivity (Wildman–Crippen MR) is 77.9 cm³/mol. The molecule has 0 aromatic carbocycles. The Morgan fingerprint density at radius 3 is 2.09 bits per heavy atom. The van der Waals surface area contributed by atoms with Gasteiger partial charge in [-0.3, -0.25) is 4.90 Å². The van der Waals surface area contributed by atoms with Gasteiger partial charge in [0.25, 0.3) is 0 Å². The first kappa shape index (κ1) is 21.1. The molecule has 22 heavy (non-hydrogen) atoms. The summed E-state index contributed by atoms with van der Waals surface area (Å²) in [7, 11) is -6.09. The van der Waals surface area contributed by atoms with Crippen molar-refractivity contribution in [2.75, 3.05) is 6.54 Å². The van der Waals surface area contributed by atoms with Crippen LogP contribution in [0.2, 0.25) is 0 Å². The van der Waals surface area contributed by atoms with E-state index >= 15 is 0 Å². The number of quaternary nitrogens is 1. The summed E-state index contributed by atoms with van der Waals surface area (Å²) in [6.07, 6.45) is 15.0. The highest BCUT2D eigenvalue weighted by Crippen LogP contribution is 2.20. The maximum atomic E-state index is 10.7. The molecule has 0 bridgehead atoms. The average molecular weight is 343 g/mol. The molecule has 8 heteroatoms. The van der Waals surface area contributed by atoms with Gasteiger partial charge in [-0.15, -0.1) is 0 Å². The first-order chi connectivity index (χ1) is 10.1. The van der Waals surface area contributed by atoms with Gasteiger partial charge in [-0.2, -0.15) is 13.2 Å². The normalized spacial score (nSPS) is 17.9. The van der Waals surface area contributed by atoms with Gasteiger partial charge in [0.15, 0.2) is 10.1 Å². The summed E-state index contributed by atoms with van der Waals surface area (Å²) in [5, 5.41) is 0. The summed E-state index contributed by atoms with van der Waals surface area (Å²) < 4.78 is 58.9. The largest absolute Gasteiger partial charge is 0.741 e. The quantitative estimate of drug-likeness (QED) is 0.439. The third-order valence-electron chi connectivity index (χ3n) is 3.14. The molecule has 4 nitrogen and oxygen atoms in total. The van der Waals surface area contributed by atoms with Crippen molar-refractivity contribution in [2.45, 2.75) is 57.9 Å². The molecular weight excluding hydrogens is 319 g/mol. The Morgan fingerprint density at radius 1 is 1.14 bits per heavy atom. The van der Waals surface area contributed by atoms with Crippen molar-refractivity contribution in [1.29, 1.82) is 0 Å². The molecule has 1 aliphatic heterocycles. The van der Waals surface area contributed by atoms with Gasteiger partial charge in [-0.05, 0) is 19.3 Å². The van der Waals surface area contributed by atoms with Crippen LogP contribution in [-0.4, -0.2) is 25.0 Å². The van der Waals surface area contributed by atoms with Crippen LogP contribution in [0.3, 0.4) is 0 Å². The van der Waals surface area contributed by atoms with Gasteiger partial charge < -0.3 is 4.55 Å². The van der Waals surface area contributed by atoms with E-state index in [1.807, 2.05) is 0 Å². The molecule has 0 radical (unpaired) electrons. The van der Waals surface area contributed by atoms with Crippen molar-refractivity contribution in [1.82, 2.24) is 0 Å².